The van der Waals surface area contributed by atoms with E-state index >= 15 is 0 Å². The molecule has 0 radical (unpaired) electrons. The van der Waals surface area contributed by atoms with Crippen molar-refractivity contribution in [2.75, 3.05) is 26.1 Å². The van der Waals surface area contributed by atoms with E-state index in [2.05, 4.69) is 30.5 Å². The highest BCUT2D eigenvalue weighted by Gasteiger charge is 2.39. The highest BCUT2D eigenvalue weighted by atomic mass is 32.2. The molecule has 0 atom stereocenters. The van der Waals surface area contributed by atoms with Gasteiger partial charge in [0.15, 0.2) is 0 Å². The lowest BCUT2D eigenvalue weighted by Crippen LogP contribution is -2.47. The first-order valence-corrected chi connectivity index (χ1v) is 6.36. The van der Waals surface area contributed by atoms with Gasteiger partial charge >= 0.3 is 0 Å². The average Bonchev–Trinajstić information content (AvgIpc) is 2.24. The van der Waals surface area contributed by atoms with E-state index in [0.717, 1.165) is 19.6 Å². The van der Waals surface area contributed by atoms with Crippen LogP contribution < -0.4 is 0 Å². The largest absolute Gasteiger partial charge is 0.396 e. The van der Waals surface area contributed by atoms with Gasteiger partial charge in [0.1, 0.15) is 0 Å². The number of hydrogen-bond acceptors (Lipinski definition) is 3. The molecule has 0 bridgehead atoms. The van der Waals surface area contributed by atoms with E-state index in [-0.39, 0.29) is 12.0 Å². The molecule has 1 aromatic rings. The second-order valence-electron chi connectivity index (χ2n) is 3.98. The summed E-state index contributed by atoms with van der Waals surface area (Å²) in [6.45, 7) is 1.71. The second kappa shape index (κ2) is 4.56. The van der Waals surface area contributed by atoms with Gasteiger partial charge < -0.3 is 9.84 Å². The first-order valence-electron chi connectivity index (χ1n) is 5.14. The Morgan fingerprint density at radius 1 is 1.33 bits per heavy atom. The number of thioether (sulfide) groups is 1. The van der Waals surface area contributed by atoms with Gasteiger partial charge in [0.2, 0.25) is 0 Å². The molecular weight excluding hydrogens is 208 g/mol. The molecule has 1 heterocycles. The lowest BCUT2D eigenvalue weighted by molar-refractivity contribution is -0.0701. The van der Waals surface area contributed by atoms with Crippen molar-refractivity contribution in [3.8, 4) is 0 Å². The molecule has 82 valence electrons. The average molecular weight is 224 g/mol. The minimum absolute atomic E-state index is 0.0751. The summed E-state index contributed by atoms with van der Waals surface area (Å²) in [5.41, 5.74) is 1.37. The maximum atomic E-state index is 9.07. The van der Waals surface area contributed by atoms with Crippen LogP contribution in [0.4, 0.5) is 0 Å². The molecule has 1 fully saturated rings. The van der Waals surface area contributed by atoms with Crippen molar-refractivity contribution in [1.29, 1.82) is 0 Å². The van der Waals surface area contributed by atoms with Crippen molar-refractivity contribution in [2.45, 2.75) is 16.7 Å². The van der Waals surface area contributed by atoms with Crippen LogP contribution in [0.1, 0.15) is 12.0 Å². The predicted molar refractivity (Wildman–Crippen MR) is 62.4 cm³/mol. The molecule has 1 N–H and O–H groups in total. The van der Waals surface area contributed by atoms with Crippen LogP contribution in [0.2, 0.25) is 0 Å². The van der Waals surface area contributed by atoms with Crippen molar-refractivity contribution in [1.82, 2.24) is 0 Å². The van der Waals surface area contributed by atoms with Crippen molar-refractivity contribution >= 4 is 11.8 Å². The summed E-state index contributed by atoms with van der Waals surface area (Å²) in [5.74, 6) is 0. The molecule has 0 saturated carbocycles. The summed E-state index contributed by atoms with van der Waals surface area (Å²) in [6.07, 6.45) is 2.87. The summed E-state index contributed by atoms with van der Waals surface area (Å²) in [6, 6.07) is 8.59. The Bertz CT molecular complexity index is 317. The number of hydrogen-bond donors (Lipinski definition) is 1. The van der Waals surface area contributed by atoms with Gasteiger partial charge in [-0.25, -0.2) is 0 Å². The van der Waals surface area contributed by atoms with E-state index < -0.39 is 0 Å². The summed E-state index contributed by atoms with van der Waals surface area (Å²) in [5, 5.41) is 9.07. The minimum atomic E-state index is 0.0751. The van der Waals surface area contributed by atoms with Crippen LogP contribution in [0.3, 0.4) is 0 Å². The summed E-state index contributed by atoms with van der Waals surface area (Å²) in [4.78, 5) is 1.28. The number of benzene rings is 1. The predicted octanol–water partition coefficient (Wildman–Crippen LogP) is 2.06. The number of aliphatic hydroxyl groups excluding tert-OH is 1. The maximum absolute atomic E-state index is 9.07. The van der Waals surface area contributed by atoms with E-state index in [4.69, 9.17) is 9.84 Å². The van der Waals surface area contributed by atoms with Crippen LogP contribution in [0.25, 0.3) is 0 Å². The standard InChI is InChI=1S/C12H16O2S/c1-15-11-4-2-10(3-5-11)12(6-7-13)8-14-9-12/h2-5,13H,6-9H2,1H3. The molecule has 15 heavy (non-hydrogen) atoms. The third-order valence-corrected chi connectivity index (χ3v) is 3.79. The molecule has 0 amide bonds. The van der Waals surface area contributed by atoms with E-state index in [1.807, 2.05) is 0 Å². The Morgan fingerprint density at radius 3 is 2.40 bits per heavy atom. The molecular formula is C12H16O2S. The van der Waals surface area contributed by atoms with Gasteiger partial charge in [0.25, 0.3) is 0 Å². The zero-order valence-corrected chi connectivity index (χ0v) is 9.72. The Hall–Kier alpha value is -0.510. The smallest absolute Gasteiger partial charge is 0.0586 e. The maximum Gasteiger partial charge on any atom is 0.0586 e. The van der Waals surface area contributed by atoms with Gasteiger partial charge in [-0.3, -0.25) is 0 Å². The van der Waals surface area contributed by atoms with Crippen LogP contribution >= 0.6 is 11.8 Å². The molecule has 0 spiro atoms. The van der Waals surface area contributed by atoms with Gasteiger partial charge in [0, 0.05) is 16.9 Å². The van der Waals surface area contributed by atoms with Crippen LogP contribution in [0.15, 0.2) is 29.2 Å². The molecule has 0 unspecified atom stereocenters. The van der Waals surface area contributed by atoms with Crippen LogP contribution in [0.5, 0.6) is 0 Å². The normalized spacial score (nSPS) is 18.5. The lowest BCUT2D eigenvalue weighted by Gasteiger charge is -2.41. The third-order valence-electron chi connectivity index (χ3n) is 3.05. The number of aliphatic hydroxyl groups is 1. The molecule has 2 rings (SSSR count). The van der Waals surface area contributed by atoms with E-state index in [9.17, 15) is 0 Å². The number of ether oxygens (including phenoxy) is 1. The van der Waals surface area contributed by atoms with Gasteiger partial charge in [-0.05, 0) is 30.4 Å². The number of rotatable bonds is 4. The first kappa shape index (κ1) is 11.0. The molecule has 0 aliphatic carbocycles. The van der Waals surface area contributed by atoms with E-state index in [0.29, 0.717) is 0 Å². The van der Waals surface area contributed by atoms with Crippen LogP contribution in [0, 0.1) is 0 Å². The molecule has 1 aromatic carbocycles. The molecule has 2 nitrogen and oxygen atoms in total. The highest BCUT2D eigenvalue weighted by Crippen LogP contribution is 2.36. The van der Waals surface area contributed by atoms with E-state index in [1.54, 1.807) is 11.8 Å². The molecule has 1 aliphatic rings. The quantitative estimate of drug-likeness (QED) is 0.794. The minimum Gasteiger partial charge on any atom is -0.396 e. The topological polar surface area (TPSA) is 29.5 Å². The zero-order chi connectivity index (χ0) is 10.7. The lowest BCUT2D eigenvalue weighted by atomic mass is 9.76. The fourth-order valence-electron chi connectivity index (χ4n) is 1.96. The molecule has 1 aliphatic heterocycles. The SMILES string of the molecule is CSc1ccc(C2(CCO)COC2)cc1. The highest BCUT2D eigenvalue weighted by molar-refractivity contribution is 7.98. The second-order valence-corrected chi connectivity index (χ2v) is 4.85. The zero-order valence-electron chi connectivity index (χ0n) is 8.90. The molecule has 1 saturated heterocycles. The van der Waals surface area contributed by atoms with Crippen LogP contribution in [-0.2, 0) is 10.2 Å². The Morgan fingerprint density at radius 2 is 2.00 bits per heavy atom. The third kappa shape index (κ3) is 2.05. The monoisotopic (exact) mass is 224 g/mol. The fraction of sp³-hybridized carbons (Fsp3) is 0.500. The Balaban J connectivity index is 2.19. The van der Waals surface area contributed by atoms with Crippen molar-refractivity contribution < 1.29 is 9.84 Å². The molecule has 3 heteroatoms. The van der Waals surface area contributed by atoms with E-state index in [1.165, 1.54) is 10.5 Å². The van der Waals surface area contributed by atoms with Gasteiger partial charge in [-0.15, -0.1) is 11.8 Å². The summed E-state index contributed by atoms with van der Waals surface area (Å²) < 4.78 is 5.29. The van der Waals surface area contributed by atoms with Gasteiger partial charge in [-0.2, -0.15) is 0 Å². The summed E-state index contributed by atoms with van der Waals surface area (Å²) in [7, 11) is 0. The van der Waals surface area contributed by atoms with Crippen LogP contribution in [-0.4, -0.2) is 31.2 Å². The first-order chi connectivity index (χ1) is 7.30. The van der Waals surface area contributed by atoms with Crippen molar-refractivity contribution in [3.05, 3.63) is 29.8 Å². The molecule has 0 aromatic heterocycles. The van der Waals surface area contributed by atoms with Gasteiger partial charge in [0.05, 0.1) is 13.2 Å². The Kier molecular flexibility index (Phi) is 3.34. The Labute approximate surface area is 94.6 Å². The van der Waals surface area contributed by atoms with Crippen molar-refractivity contribution in [3.63, 3.8) is 0 Å². The fourth-order valence-corrected chi connectivity index (χ4v) is 2.37. The van der Waals surface area contributed by atoms with Crippen molar-refractivity contribution in [2.24, 2.45) is 0 Å². The summed E-state index contributed by atoms with van der Waals surface area (Å²) >= 11 is 1.75. The van der Waals surface area contributed by atoms with Gasteiger partial charge in [-0.1, -0.05) is 12.1 Å².